The second-order valence-electron chi connectivity index (χ2n) is 3.83. The molecule has 0 aliphatic carbocycles. The van der Waals surface area contributed by atoms with Crippen molar-refractivity contribution in [1.82, 2.24) is 4.98 Å². The highest BCUT2D eigenvalue weighted by molar-refractivity contribution is 5.41. The van der Waals surface area contributed by atoms with E-state index in [4.69, 9.17) is 5.11 Å². The van der Waals surface area contributed by atoms with Gasteiger partial charge >= 0.3 is 0 Å². The van der Waals surface area contributed by atoms with Crippen LogP contribution in [0.25, 0.3) is 0 Å². The van der Waals surface area contributed by atoms with Gasteiger partial charge in [-0.2, -0.15) is 0 Å². The highest BCUT2D eigenvalue weighted by atomic mass is 16.3. The van der Waals surface area contributed by atoms with E-state index in [1.807, 2.05) is 11.0 Å². The summed E-state index contributed by atoms with van der Waals surface area (Å²) in [5, 5.41) is 18.5. The summed E-state index contributed by atoms with van der Waals surface area (Å²) < 4.78 is 0. The van der Waals surface area contributed by atoms with Crippen molar-refractivity contribution in [1.29, 1.82) is 0 Å². The molecule has 1 aromatic rings. The molecule has 4 heteroatoms. The minimum Gasteiger partial charge on any atom is -0.395 e. The second-order valence-corrected chi connectivity index (χ2v) is 3.83. The van der Waals surface area contributed by atoms with E-state index in [0.29, 0.717) is 6.54 Å². The zero-order chi connectivity index (χ0) is 12.0. The average Bonchev–Trinajstić information content (AvgIpc) is 2.29. The van der Waals surface area contributed by atoms with E-state index in [0.717, 1.165) is 24.3 Å². The maximum absolute atomic E-state index is 9.49. The Labute approximate surface area is 96.6 Å². The van der Waals surface area contributed by atoms with Gasteiger partial charge < -0.3 is 15.1 Å². The molecule has 90 valence electrons. The molecular weight excluding hydrogens is 204 g/mol. The van der Waals surface area contributed by atoms with E-state index in [9.17, 15) is 5.11 Å². The maximum atomic E-state index is 9.49. The van der Waals surface area contributed by atoms with Gasteiger partial charge in [0.05, 0.1) is 12.7 Å². The van der Waals surface area contributed by atoms with E-state index in [2.05, 4.69) is 11.9 Å². The first-order valence-electron chi connectivity index (χ1n) is 5.68. The van der Waals surface area contributed by atoms with Crippen molar-refractivity contribution in [2.45, 2.75) is 26.4 Å². The Morgan fingerprint density at radius 2 is 2.19 bits per heavy atom. The van der Waals surface area contributed by atoms with Crippen molar-refractivity contribution in [3.8, 4) is 0 Å². The predicted octanol–water partition coefficient (Wildman–Crippen LogP) is 1.34. The molecule has 1 atom stereocenters. The number of hydrogen-bond acceptors (Lipinski definition) is 4. The third-order valence-electron chi connectivity index (χ3n) is 2.44. The molecule has 0 amide bonds. The van der Waals surface area contributed by atoms with E-state index >= 15 is 0 Å². The van der Waals surface area contributed by atoms with Crippen LogP contribution in [0.3, 0.4) is 0 Å². The number of anilines is 1. The zero-order valence-corrected chi connectivity index (χ0v) is 9.93. The van der Waals surface area contributed by atoms with Gasteiger partial charge in [0.15, 0.2) is 0 Å². The number of aromatic nitrogens is 1. The van der Waals surface area contributed by atoms with Crippen LogP contribution in [0.5, 0.6) is 0 Å². The van der Waals surface area contributed by atoms with Crippen molar-refractivity contribution in [2.75, 3.05) is 24.6 Å². The number of nitrogens with zero attached hydrogens (tertiary/aromatic N) is 2. The van der Waals surface area contributed by atoms with E-state index in [1.54, 1.807) is 19.2 Å². The number of aliphatic hydroxyl groups is 2. The summed E-state index contributed by atoms with van der Waals surface area (Å²) in [5.41, 5.74) is 0.851. The molecule has 0 bridgehead atoms. The van der Waals surface area contributed by atoms with Gasteiger partial charge in [0.25, 0.3) is 0 Å². The third-order valence-corrected chi connectivity index (χ3v) is 2.44. The molecule has 0 aromatic carbocycles. The Kier molecular flexibility index (Phi) is 5.22. The summed E-state index contributed by atoms with van der Waals surface area (Å²) in [5.74, 6) is 0.814. The van der Waals surface area contributed by atoms with Crippen LogP contribution in [-0.2, 0) is 0 Å². The van der Waals surface area contributed by atoms with Crippen LogP contribution < -0.4 is 4.90 Å². The van der Waals surface area contributed by atoms with Crippen LogP contribution in [0.2, 0.25) is 0 Å². The van der Waals surface area contributed by atoms with Crippen LogP contribution >= 0.6 is 0 Å². The lowest BCUT2D eigenvalue weighted by Gasteiger charge is -2.22. The van der Waals surface area contributed by atoms with Crippen molar-refractivity contribution in [3.05, 3.63) is 23.9 Å². The van der Waals surface area contributed by atoms with Crippen LogP contribution in [0.15, 0.2) is 18.3 Å². The number of aliphatic hydroxyl groups excluding tert-OH is 2. The standard InChI is InChI=1S/C12H20N2O2/c1-3-6-14(7-8-15)12-9-11(10(2)16)4-5-13-12/h4-5,9-10,15-16H,3,6-8H2,1-2H3/t10-/m0/s1. The molecule has 2 N–H and O–H groups in total. The lowest BCUT2D eigenvalue weighted by atomic mass is 10.1. The van der Waals surface area contributed by atoms with Crippen molar-refractivity contribution in [2.24, 2.45) is 0 Å². The van der Waals surface area contributed by atoms with E-state index in [-0.39, 0.29) is 6.61 Å². The van der Waals surface area contributed by atoms with Gasteiger partial charge in [0.1, 0.15) is 5.82 Å². The molecular formula is C12H20N2O2. The van der Waals surface area contributed by atoms with Crippen molar-refractivity contribution >= 4 is 5.82 Å². The molecule has 0 spiro atoms. The first-order valence-corrected chi connectivity index (χ1v) is 5.68. The van der Waals surface area contributed by atoms with Gasteiger partial charge in [-0.3, -0.25) is 0 Å². The van der Waals surface area contributed by atoms with Crippen molar-refractivity contribution < 1.29 is 10.2 Å². The van der Waals surface area contributed by atoms with Gasteiger partial charge in [0.2, 0.25) is 0 Å². The fraction of sp³-hybridized carbons (Fsp3) is 0.583. The second kappa shape index (κ2) is 6.45. The zero-order valence-electron chi connectivity index (χ0n) is 9.93. The van der Waals surface area contributed by atoms with Crippen LogP contribution in [-0.4, -0.2) is 34.9 Å². The average molecular weight is 224 g/mol. The normalized spacial score (nSPS) is 12.5. The first kappa shape index (κ1) is 12.9. The molecule has 1 heterocycles. The topological polar surface area (TPSA) is 56.6 Å². The molecule has 0 saturated heterocycles. The lowest BCUT2D eigenvalue weighted by Crippen LogP contribution is -2.28. The summed E-state index contributed by atoms with van der Waals surface area (Å²) in [7, 11) is 0. The van der Waals surface area contributed by atoms with Gasteiger partial charge in [0, 0.05) is 19.3 Å². The monoisotopic (exact) mass is 224 g/mol. The largest absolute Gasteiger partial charge is 0.395 e. The molecule has 4 nitrogen and oxygen atoms in total. The minimum atomic E-state index is -0.487. The van der Waals surface area contributed by atoms with E-state index in [1.165, 1.54) is 0 Å². The Morgan fingerprint density at radius 3 is 2.75 bits per heavy atom. The summed E-state index contributed by atoms with van der Waals surface area (Å²) in [4.78, 5) is 6.28. The minimum absolute atomic E-state index is 0.112. The third kappa shape index (κ3) is 3.47. The molecule has 16 heavy (non-hydrogen) atoms. The molecule has 0 aliphatic heterocycles. The van der Waals surface area contributed by atoms with Gasteiger partial charge in [-0.1, -0.05) is 6.92 Å². The highest BCUT2D eigenvalue weighted by Crippen LogP contribution is 2.17. The molecule has 1 rings (SSSR count). The Morgan fingerprint density at radius 1 is 1.44 bits per heavy atom. The quantitative estimate of drug-likeness (QED) is 0.765. The molecule has 0 saturated carbocycles. The molecule has 0 aliphatic rings. The molecule has 0 radical (unpaired) electrons. The van der Waals surface area contributed by atoms with Crippen molar-refractivity contribution in [3.63, 3.8) is 0 Å². The van der Waals surface area contributed by atoms with Crippen LogP contribution in [0, 0.1) is 0 Å². The Balaban J connectivity index is 2.86. The number of rotatable bonds is 6. The van der Waals surface area contributed by atoms with Gasteiger partial charge in [-0.15, -0.1) is 0 Å². The smallest absolute Gasteiger partial charge is 0.128 e. The van der Waals surface area contributed by atoms with E-state index < -0.39 is 6.10 Å². The molecule has 0 unspecified atom stereocenters. The number of pyridine rings is 1. The first-order chi connectivity index (χ1) is 7.69. The fourth-order valence-electron chi connectivity index (χ4n) is 1.60. The van der Waals surface area contributed by atoms with Gasteiger partial charge in [-0.05, 0) is 31.0 Å². The van der Waals surface area contributed by atoms with Gasteiger partial charge in [-0.25, -0.2) is 4.98 Å². The SMILES string of the molecule is CCCN(CCO)c1cc([C@H](C)O)ccn1. The Bertz CT molecular complexity index is 310. The molecule has 1 aromatic heterocycles. The molecule has 0 fully saturated rings. The maximum Gasteiger partial charge on any atom is 0.128 e. The summed E-state index contributed by atoms with van der Waals surface area (Å²) in [6, 6.07) is 3.67. The predicted molar refractivity (Wildman–Crippen MR) is 64.5 cm³/mol. The van der Waals surface area contributed by atoms with Crippen LogP contribution in [0.4, 0.5) is 5.82 Å². The number of hydrogen-bond donors (Lipinski definition) is 2. The summed E-state index contributed by atoms with van der Waals surface area (Å²) in [6.07, 6.45) is 2.21. The summed E-state index contributed by atoms with van der Waals surface area (Å²) in [6.45, 7) is 5.36. The Hall–Kier alpha value is -1.13. The fourth-order valence-corrected chi connectivity index (χ4v) is 1.60. The van der Waals surface area contributed by atoms with Crippen LogP contribution in [0.1, 0.15) is 31.9 Å². The summed E-state index contributed by atoms with van der Waals surface area (Å²) >= 11 is 0. The highest BCUT2D eigenvalue weighted by Gasteiger charge is 2.08. The lowest BCUT2D eigenvalue weighted by molar-refractivity contribution is 0.199.